The molecule has 108 valence electrons. The average molecular weight is 282 g/mol. The standard InChI is InChI=1S/C16H18N4O/c1-2-17-16-19-14-8-4-3-7-13(14)15(20-16)18-10-9-12-6-5-11-21-12/h3-8,11H,2,9-10H2,1H3,(H2,17,18,19,20). The van der Waals surface area contributed by atoms with E-state index in [0.29, 0.717) is 5.95 Å². The number of fused-ring (bicyclic) bond motifs is 1. The van der Waals surface area contributed by atoms with Gasteiger partial charge in [-0.2, -0.15) is 4.98 Å². The molecule has 0 saturated carbocycles. The molecule has 0 amide bonds. The third-order valence-corrected chi connectivity index (χ3v) is 3.18. The van der Waals surface area contributed by atoms with E-state index in [1.165, 1.54) is 0 Å². The van der Waals surface area contributed by atoms with Crippen molar-refractivity contribution in [2.45, 2.75) is 13.3 Å². The second kappa shape index (κ2) is 6.26. The molecule has 1 aromatic carbocycles. The van der Waals surface area contributed by atoms with Crippen LogP contribution in [0.4, 0.5) is 11.8 Å². The van der Waals surface area contributed by atoms with Gasteiger partial charge in [-0.25, -0.2) is 4.98 Å². The maximum Gasteiger partial charge on any atom is 0.225 e. The minimum atomic E-state index is 0.650. The van der Waals surface area contributed by atoms with Crippen LogP contribution in [-0.4, -0.2) is 23.1 Å². The highest BCUT2D eigenvalue weighted by atomic mass is 16.3. The molecule has 0 fully saturated rings. The zero-order valence-corrected chi connectivity index (χ0v) is 12.0. The van der Waals surface area contributed by atoms with Crippen LogP contribution in [0.3, 0.4) is 0 Å². The van der Waals surface area contributed by atoms with E-state index in [4.69, 9.17) is 4.42 Å². The van der Waals surface area contributed by atoms with Gasteiger partial charge in [0.25, 0.3) is 0 Å². The molecule has 0 atom stereocenters. The van der Waals surface area contributed by atoms with Gasteiger partial charge in [-0.15, -0.1) is 0 Å². The smallest absolute Gasteiger partial charge is 0.225 e. The summed E-state index contributed by atoms with van der Waals surface area (Å²) in [5.41, 5.74) is 0.934. The third-order valence-electron chi connectivity index (χ3n) is 3.18. The number of furan rings is 1. The van der Waals surface area contributed by atoms with E-state index < -0.39 is 0 Å². The van der Waals surface area contributed by atoms with Crippen molar-refractivity contribution in [1.29, 1.82) is 0 Å². The van der Waals surface area contributed by atoms with Crippen molar-refractivity contribution in [3.8, 4) is 0 Å². The first-order valence-electron chi connectivity index (χ1n) is 7.13. The number of rotatable bonds is 6. The molecule has 0 spiro atoms. The minimum Gasteiger partial charge on any atom is -0.469 e. The monoisotopic (exact) mass is 282 g/mol. The van der Waals surface area contributed by atoms with Gasteiger partial charge in [0.15, 0.2) is 0 Å². The first-order valence-corrected chi connectivity index (χ1v) is 7.13. The molecular weight excluding hydrogens is 264 g/mol. The van der Waals surface area contributed by atoms with Gasteiger partial charge >= 0.3 is 0 Å². The molecular formula is C16H18N4O. The van der Waals surface area contributed by atoms with Gasteiger partial charge in [0.05, 0.1) is 11.8 Å². The Morgan fingerprint density at radius 2 is 1.95 bits per heavy atom. The highest BCUT2D eigenvalue weighted by molar-refractivity contribution is 5.89. The zero-order chi connectivity index (χ0) is 14.5. The largest absolute Gasteiger partial charge is 0.469 e. The summed E-state index contributed by atoms with van der Waals surface area (Å²) in [6, 6.07) is 11.9. The van der Waals surface area contributed by atoms with Crippen LogP contribution in [0, 0.1) is 0 Å². The predicted octanol–water partition coefficient (Wildman–Crippen LogP) is 3.31. The van der Waals surface area contributed by atoms with Crippen LogP contribution in [0.2, 0.25) is 0 Å². The number of anilines is 2. The molecule has 0 aliphatic carbocycles. The summed E-state index contributed by atoms with van der Waals surface area (Å²) in [7, 11) is 0. The number of nitrogens with one attached hydrogen (secondary N) is 2. The summed E-state index contributed by atoms with van der Waals surface area (Å²) in [5, 5.41) is 7.56. The lowest BCUT2D eigenvalue weighted by Gasteiger charge is -2.10. The Morgan fingerprint density at radius 3 is 2.76 bits per heavy atom. The molecule has 0 radical (unpaired) electrons. The van der Waals surface area contributed by atoms with Crippen LogP contribution in [-0.2, 0) is 6.42 Å². The molecule has 2 aromatic heterocycles. The fourth-order valence-electron chi connectivity index (χ4n) is 2.21. The van der Waals surface area contributed by atoms with E-state index in [0.717, 1.165) is 42.0 Å². The van der Waals surface area contributed by atoms with Crippen LogP contribution >= 0.6 is 0 Å². The van der Waals surface area contributed by atoms with Crippen LogP contribution in [0.15, 0.2) is 47.1 Å². The number of hydrogen-bond acceptors (Lipinski definition) is 5. The number of benzene rings is 1. The number of hydrogen-bond donors (Lipinski definition) is 2. The van der Waals surface area contributed by atoms with Crippen LogP contribution < -0.4 is 10.6 Å². The Labute approximate surface area is 123 Å². The summed E-state index contributed by atoms with van der Waals surface area (Å²) < 4.78 is 5.34. The highest BCUT2D eigenvalue weighted by Crippen LogP contribution is 2.21. The summed E-state index contributed by atoms with van der Waals surface area (Å²) >= 11 is 0. The maximum atomic E-state index is 5.34. The van der Waals surface area contributed by atoms with Gasteiger partial charge in [-0.05, 0) is 31.2 Å². The fraction of sp³-hybridized carbons (Fsp3) is 0.250. The van der Waals surface area contributed by atoms with Gasteiger partial charge in [0, 0.05) is 24.9 Å². The average Bonchev–Trinajstić information content (AvgIpc) is 3.01. The van der Waals surface area contributed by atoms with Crippen molar-refractivity contribution < 1.29 is 4.42 Å². The third kappa shape index (κ3) is 3.13. The second-order valence-electron chi connectivity index (χ2n) is 4.70. The second-order valence-corrected chi connectivity index (χ2v) is 4.70. The lowest BCUT2D eigenvalue weighted by Crippen LogP contribution is -2.09. The van der Waals surface area contributed by atoms with Crippen LogP contribution in [0.1, 0.15) is 12.7 Å². The zero-order valence-electron chi connectivity index (χ0n) is 12.0. The van der Waals surface area contributed by atoms with Crippen molar-refractivity contribution in [1.82, 2.24) is 9.97 Å². The molecule has 3 rings (SSSR count). The number of aromatic nitrogens is 2. The lowest BCUT2D eigenvalue weighted by atomic mass is 10.2. The van der Waals surface area contributed by atoms with E-state index in [9.17, 15) is 0 Å². The van der Waals surface area contributed by atoms with E-state index in [1.807, 2.05) is 43.3 Å². The van der Waals surface area contributed by atoms with E-state index in [2.05, 4.69) is 20.6 Å². The van der Waals surface area contributed by atoms with Crippen molar-refractivity contribution in [3.63, 3.8) is 0 Å². The maximum absolute atomic E-state index is 5.34. The molecule has 0 aliphatic rings. The van der Waals surface area contributed by atoms with Gasteiger partial charge in [-0.3, -0.25) is 0 Å². The Hall–Kier alpha value is -2.56. The Balaban J connectivity index is 1.81. The van der Waals surface area contributed by atoms with Gasteiger partial charge in [0.1, 0.15) is 11.6 Å². The molecule has 21 heavy (non-hydrogen) atoms. The van der Waals surface area contributed by atoms with Crippen molar-refractivity contribution in [3.05, 3.63) is 48.4 Å². The van der Waals surface area contributed by atoms with Crippen molar-refractivity contribution in [2.75, 3.05) is 23.7 Å². The number of nitrogens with zero attached hydrogens (tertiary/aromatic N) is 2. The van der Waals surface area contributed by atoms with Crippen LogP contribution in [0.25, 0.3) is 10.9 Å². The fourth-order valence-corrected chi connectivity index (χ4v) is 2.21. The van der Waals surface area contributed by atoms with Crippen molar-refractivity contribution in [2.24, 2.45) is 0 Å². The van der Waals surface area contributed by atoms with Gasteiger partial charge < -0.3 is 15.1 Å². The molecule has 5 nitrogen and oxygen atoms in total. The summed E-state index contributed by atoms with van der Waals surface area (Å²) in [4.78, 5) is 9.05. The van der Waals surface area contributed by atoms with Crippen LogP contribution in [0.5, 0.6) is 0 Å². The first-order chi connectivity index (χ1) is 10.4. The molecule has 2 heterocycles. The number of para-hydroxylation sites is 1. The lowest BCUT2D eigenvalue weighted by molar-refractivity contribution is 0.513. The normalized spacial score (nSPS) is 10.7. The molecule has 2 N–H and O–H groups in total. The molecule has 0 unspecified atom stereocenters. The minimum absolute atomic E-state index is 0.650. The van der Waals surface area contributed by atoms with E-state index in [-0.39, 0.29) is 0 Å². The Kier molecular flexibility index (Phi) is 4.00. The quantitative estimate of drug-likeness (QED) is 0.726. The SMILES string of the molecule is CCNc1nc(NCCc2ccco2)c2ccccc2n1. The summed E-state index contributed by atoms with van der Waals surface area (Å²) in [5.74, 6) is 2.47. The molecule has 3 aromatic rings. The highest BCUT2D eigenvalue weighted by Gasteiger charge is 2.06. The molecule has 5 heteroatoms. The topological polar surface area (TPSA) is 63.0 Å². The van der Waals surface area contributed by atoms with E-state index in [1.54, 1.807) is 6.26 Å². The van der Waals surface area contributed by atoms with Gasteiger partial charge in [0.2, 0.25) is 5.95 Å². The predicted molar refractivity (Wildman–Crippen MR) is 84.6 cm³/mol. The van der Waals surface area contributed by atoms with Crippen molar-refractivity contribution >= 4 is 22.7 Å². The Bertz CT molecular complexity index is 709. The van der Waals surface area contributed by atoms with E-state index >= 15 is 0 Å². The molecule has 0 bridgehead atoms. The molecule has 0 saturated heterocycles. The summed E-state index contributed by atoms with van der Waals surface area (Å²) in [6.45, 7) is 3.59. The molecule has 0 aliphatic heterocycles. The van der Waals surface area contributed by atoms with Gasteiger partial charge in [-0.1, -0.05) is 12.1 Å². The Morgan fingerprint density at radius 1 is 1.05 bits per heavy atom. The first kappa shape index (κ1) is 13.4. The summed E-state index contributed by atoms with van der Waals surface area (Å²) in [6.07, 6.45) is 2.51.